The first-order chi connectivity index (χ1) is 8.54. The molecule has 0 saturated carbocycles. The molecule has 1 aromatic rings. The summed E-state index contributed by atoms with van der Waals surface area (Å²) in [6, 6.07) is 6.71. The van der Waals surface area contributed by atoms with Crippen molar-refractivity contribution in [1.29, 1.82) is 0 Å². The molecule has 1 amide bonds. The zero-order valence-corrected chi connectivity index (χ0v) is 11.1. The van der Waals surface area contributed by atoms with Crippen LogP contribution >= 0.6 is 0 Å². The molecule has 0 bridgehead atoms. The van der Waals surface area contributed by atoms with Gasteiger partial charge in [-0.3, -0.25) is 4.79 Å². The summed E-state index contributed by atoms with van der Waals surface area (Å²) >= 11 is 0. The topological polar surface area (TPSA) is 66.6 Å². The highest BCUT2D eigenvalue weighted by Gasteiger charge is 2.12. The number of hydrogen-bond acceptors (Lipinski definition) is 3. The number of benzene rings is 1. The second kappa shape index (κ2) is 7.01. The second-order valence-electron chi connectivity index (χ2n) is 4.69. The molecule has 1 atom stereocenters. The molecule has 0 heterocycles. The van der Waals surface area contributed by atoms with Crippen LogP contribution in [0.2, 0.25) is 0 Å². The van der Waals surface area contributed by atoms with E-state index < -0.39 is 0 Å². The molecular weight excluding hydrogens is 228 g/mol. The van der Waals surface area contributed by atoms with E-state index in [0.29, 0.717) is 24.6 Å². The average molecular weight is 250 g/mol. The summed E-state index contributed by atoms with van der Waals surface area (Å²) < 4.78 is 0. The van der Waals surface area contributed by atoms with E-state index in [-0.39, 0.29) is 11.7 Å². The number of phenolic OH excluding ortho intramolecular Hbond substituents is 1. The number of phenols is 1. The predicted octanol–water partition coefficient (Wildman–Crippen LogP) is 2.12. The molecule has 3 N–H and O–H groups in total. The normalized spacial score (nSPS) is 12.2. The minimum absolute atomic E-state index is 0.0597. The van der Waals surface area contributed by atoms with Crippen LogP contribution in [-0.4, -0.2) is 24.6 Å². The molecule has 18 heavy (non-hydrogen) atoms. The van der Waals surface area contributed by atoms with Gasteiger partial charge in [0.05, 0.1) is 0 Å². The van der Waals surface area contributed by atoms with Crippen molar-refractivity contribution in [2.24, 2.45) is 11.7 Å². The number of nitrogens with two attached hydrogens (primary N) is 1. The van der Waals surface area contributed by atoms with Crippen molar-refractivity contribution in [2.75, 3.05) is 18.5 Å². The number of anilines is 1. The van der Waals surface area contributed by atoms with Gasteiger partial charge in [0.25, 0.3) is 0 Å². The van der Waals surface area contributed by atoms with Crippen molar-refractivity contribution in [1.82, 2.24) is 0 Å². The van der Waals surface area contributed by atoms with Gasteiger partial charge in [0.15, 0.2) is 0 Å². The third-order valence-electron chi connectivity index (χ3n) is 3.10. The second-order valence-corrected chi connectivity index (χ2v) is 4.69. The van der Waals surface area contributed by atoms with Crippen LogP contribution in [-0.2, 0) is 4.79 Å². The molecule has 100 valence electrons. The minimum Gasteiger partial charge on any atom is -0.508 e. The van der Waals surface area contributed by atoms with E-state index in [4.69, 9.17) is 5.73 Å². The molecule has 0 saturated heterocycles. The van der Waals surface area contributed by atoms with Gasteiger partial charge >= 0.3 is 0 Å². The molecule has 0 aliphatic heterocycles. The summed E-state index contributed by atoms with van der Waals surface area (Å²) in [7, 11) is 1.73. The van der Waals surface area contributed by atoms with Gasteiger partial charge in [-0.1, -0.05) is 13.0 Å². The molecule has 4 nitrogen and oxygen atoms in total. The SMILES string of the molecule is CC(CCN)CCC(=O)N(C)c1cccc(O)c1. The lowest BCUT2D eigenvalue weighted by atomic mass is 10.0. The Kier molecular flexibility index (Phi) is 5.65. The molecule has 4 heteroatoms. The van der Waals surface area contributed by atoms with Crippen molar-refractivity contribution >= 4 is 11.6 Å². The van der Waals surface area contributed by atoms with E-state index in [9.17, 15) is 9.90 Å². The maximum Gasteiger partial charge on any atom is 0.226 e. The van der Waals surface area contributed by atoms with Gasteiger partial charge in [0, 0.05) is 25.2 Å². The molecule has 0 aromatic heterocycles. The van der Waals surface area contributed by atoms with Gasteiger partial charge in [-0.05, 0) is 37.4 Å². The lowest BCUT2D eigenvalue weighted by molar-refractivity contribution is -0.118. The Morgan fingerprint density at radius 1 is 1.44 bits per heavy atom. The Hall–Kier alpha value is -1.55. The van der Waals surface area contributed by atoms with Gasteiger partial charge in [-0.25, -0.2) is 0 Å². The fourth-order valence-corrected chi connectivity index (χ4v) is 1.81. The zero-order chi connectivity index (χ0) is 13.5. The first-order valence-corrected chi connectivity index (χ1v) is 6.30. The Morgan fingerprint density at radius 3 is 2.78 bits per heavy atom. The first kappa shape index (κ1) is 14.5. The smallest absolute Gasteiger partial charge is 0.226 e. The van der Waals surface area contributed by atoms with Gasteiger partial charge in [-0.2, -0.15) is 0 Å². The van der Waals surface area contributed by atoms with Gasteiger partial charge in [0.1, 0.15) is 5.75 Å². The lowest BCUT2D eigenvalue weighted by Crippen LogP contribution is -2.26. The molecular formula is C14H22N2O2. The van der Waals surface area contributed by atoms with Gasteiger partial charge in [-0.15, -0.1) is 0 Å². The van der Waals surface area contributed by atoms with Crippen LogP contribution in [0, 0.1) is 5.92 Å². The predicted molar refractivity (Wildman–Crippen MR) is 73.6 cm³/mol. The Bertz CT molecular complexity index is 393. The summed E-state index contributed by atoms with van der Waals surface area (Å²) in [5.74, 6) is 0.699. The van der Waals surface area contributed by atoms with Gasteiger partial charge < -0.3 is 15.7 Å². The third kappa shape index (κ3) is 4.37. The fourth-order valence-electron chi connectivity index (χ4n) is 1.81. The standard InChI is InChI=1S/C14H22N2O2/c1-11(8-9-15)6-7-14(18)16(2)12-4-3-5-13(17)10-12/h3-5,10-11,17H,6-9,15H2,1-2H3. The molecule has 0 radical (unpaired) electrons. The zero-order valence-electron chi connectivity index (χ0n) is 11.1. The van der Waals surface area contributed by atoms with E-state index in [1.54, 1.807) is 36.2 Å². The van der Waals surface area contributed by atoms with Crippen molar-refractivity contribution in [3.05, 3.63) is 24.3 Å². The lowest BCUT2D eigenvalue weighted by Gasteiger charge is -2.18. The Morgan fingerprint density at radius 2 is 2.17 bits per heavy atom. The van der Waals surface area contributed by atoms with Crippen molar-refractivity contribution in [3.8, 4) is 5.75 Å². The highest BCUT2D eigenvalue weighted by Crippen LogP contribution is 2.20. The summed E-state index contributed by atoms with van der Waals surface area (Å²) in [5.41, 5.74) is 6.19. The largest absolute Gasteiger partial charge is 0.508 e. The Balaban J connectivity index is 2.51. The number of hydrogen-bond donors (Lipinski definition) is 2. The van der Waals surface area contributed by atoms with E-state index in [2.05, 4.69) is 6.92 Å². The van der Waals surface area contributed by atoms with Crippen LogP contribution in [0.25, 0.3) is 0 Å². The molecule has 0 spiro atoms. The van der Waals surface area contributed by atoms with E-state index in [1.807, 2.05) is 0 Å². The molecule has 0 aliphatic rings. The highest BCUT2D eigenvalue weighted by molar-refractivity contribution is 5.92. The quantitative estimate of drug-likeness (QED) is 0.812. The summed E-state index contributed by atoms with van der Waals surface area (Å²) in [6.07, 6.45) is 2.30. The number of carbonyl (C=O) groups excluding carboxylic acids is 1. The molecule has 1 rings (SSSR count). The van der Waals surface area contributed by atoms with Crippen LogP contribution in [0.5, 0.6) is 5.75 Å². The maximum absolute atomic E-state index is 12.0. The van der Waals surface area contributed by atoms with Crippen molar-refractivity contribution < 1.29 is 9.90 Å². The Labute approximate surface area is 108 Å². The maximum atomic E-state index is 12.0. The van der Waals surface area contributed by atoms with Crippen molar-refractivity contribution in [2.45, 2.75) is 26.2 Å². The average Bonchev–Trinajstić information content (AvgIpc) is 2.35. The van der Waals surface area contributed by atoms with E-state index >= 15 is 0 Å². The number of carbonyl (C=O) groups is 1. The summed E-state index contributed by atoms with van der Waals surface area (Å²) in [4.78, 5) is 13.6. The van der Waals surface area contributed by atoms with E-state index in [1.165, 1.54) is 0 Å². The van der Waals surface area contributed by atoms with Crippen LogP contribution < -0.4 is 10.6 Å². The number of nitrogens with zero attached hydrogens (tertiary/aromatic N) is 1. The van der Waals surface area contributed by atoms with Crippen LogP contribution in [0.3, 0.4) is 0 Å². The molecule has 0 fully saturated rings. The van der Waals surface area contributed by atoms with Crippen LogP contribution in [0.15, 0.2) is 24.3 Å². The number of amides is 1. The third-order valence-corrected chi connectivity index (χ3v) is 3.10. The molecule has 0 aliphatic carbocycles. The van der Waals surface area contributed by atoms with Crippen LogP contribution in [0.4, 0.5) is 5.69 Å². The first-order valence-electron chi connectivity index (χ1n) is 6.30. The monoisotopic (exact) mass is 250 g/mol. The highest BCUT2D eigenvalue weighted by atomic mass is 16.3. The van der Waals surface area contributed by atoms with Gasteiger partial charge in [0.2, 0.25) is 5.91 Å². The molecule has 1 unspecified atom stereocenters. The number of rotatable bonds is 6. The van der Waals surface area contributed by atoms with E-state index in [0.717, 1.165) is 12.8 Å². The van der Waals surface area contributed by atoms with Crippen molar-refractivity contribution in [3.63, 3.8) is 0 Å². The molecule has 1 aromatic carbocycles. The summed E-state index contributed by atoms with van der Waals surface area (Å²) in [6.45, 7) is 2.77. The minimum atomic E-state index is 0.0597. The number of aromatic hydroxyl groups is 1. The summed E-state index contributed by atoms with van der Waals surface area (Å²) in [5, 5.41) is 9.38. The fraction of sp³-hybridized carbons (Fsp3) is 0.500. The van der Waals surface area contributed by atoms with Crippen LogP contribution in [0.1, 0.15) is 26.2 Å².